The van der Waals surface area contributed by atoms with Gasteiger partial charge in [0, 0.05) is 7.11 Å². The molecule has 0 aromatic carbocycles. The van der Waals surface area contributed by atoms with Crippen LogP contribution in [0.15, 0.2) is 0 Å². The molecule has 3 aliphatic heterocycles. The van der Waals surface area contributed by atoms with Gasteiger partial charge in [0.1, 0.15) is 54.9 Å². The molecular formula is C18H32O13. The first kappa shape index (κ1) is 25.1. The SMILES string of the molecule is CO[C@@H]1O[C@@H](C)[C@H](O)[C@@H](O[C@@H]2O[C@@H](C)[C@H](O)[C@@H](O[C@@H]3O[C@H](CO)[C@@H](O)[C@H]3O)[C@H]2O)[C@H]1O. The highest BCUT2D eigenvalue weighted by atomic mass is 16.7. The van der Waals surface area contributed by atoms with Crippen molar-refractivity contribution in [3.63, 3.8) is 0 Å². The van der Waals surface area contributed by atoms with Gasteiger partial charge >= 0.3 is 0 Å². The molecule has 182 valence electrons. The van der Waals surface area contributed by atoms with E-state index < -0.39 is 92.6 Å². The molecule has 0 spiro atoms. The first-order valence-electron chi connectivity index (χ1n) is 10.1. The lowest BCUT2D eigenvalue weighted by Crippen LogP contribution is -2.64. The molecular weight excluding hydrogens is 424 g/mol. The van der Waals surface area contributed by atoms with Gasteiger partial charge in [-0.25, -0.2) is 0 Å². The number of ether oxygens (including phenoxy) is 6. The van der Waals surface area contributed by atoms with E-state index in [1.54, 1.807) is 6.92 Å². The Bertz CT molecular complexity index is 581. The quantitative estimate of drug-likeness (QED) is 0.203. The van der Waals surface area contributed by atoms with Crippen LogP contribution < -0.4 is 0 Å². The van der Waals surface area contributed by atoms with Gasteiger partial charge in [0.25, 0.3) is 0 Å². The molecule has 0 saturated carbocycles. The number of aliphatic hydroxyl groups is 7. The largest absolute Gasteiger partial charge is 0.394 e. The van der Waals surface area contributed by atoms with Crippen molar-refractivity contribution in [1.29, 1.82) is 0 Å². The van der Waals surface area contributed by atoms with E-state index in [0.717, 1.165) is 0 Å². The standard InChI is InChI=1S/C18H32O13/c1-5-8(20)14(12(24)16(26-3)27-5)31-18-13(25)15(9(21)6(2)28-18)30-17-11(23)10(22)7(4-19)29-17/h5-25H,4H2,1-3H3/t5-,6-,7+,8-,9-,10+,11+,12+,13+,14+,15+,16+,17-,18-/m0/s1. The van der Waals surface area contributed by atoms with Crippen molar-refractivity contribution in [2.75, 3.05) is 13.7 Å². The summed E-state index contributed by atoms with van der Waals surface area (Å²) in [5.74, 6) is 0. The zero-order chi connectivity index (χ0) is 23.0. The average molecular weight is 456 g/mol. The maximum Gasteiger partial charge on any atom is 0.187 e. The molecule has 0 unspecified atom stereocenters. The maximum atomic E-state index is 10.7. The molecule has 3 rings (SSSR count). The second-order valence-corrected chi connectivity index (χ2v) is 8.03. The summed E-state index contributed by atoms with van der Waals surface area (Å²) in [4.78, 5) is 0. The molecule has 0 radical (unpaired) electrons. The first-order valence-corrected chi connectivity index (χ1v) is 10.1. The summed E-state index contributed by atoms with van der Waals surface area (Å²) in [5, 5.41) is 71.1. The highest BCUT2D eigenvalue weighted by Crippen LogP contribution is 2.32. The molecule has 13 nitrogen and oxygen atoms in total. The predicted octanol–water partition coefficient (Wildman–Crippen LogP) is -4.22. The Labute approximate surface area is 178 Å². The van der Waals surface area contributed by atoms with Crippen molar-refractivity contribution in [2.45, 2.75) is 99.9 Å². The van der Waals surface area contributed by atoms with Crippen LogP contribution in [0.5, 0.6) is 0 Å². The zero-order valence-corrected chi connectivity index (χ0v) is 17.4. The highest BCUT2D eigenvalue weighted by Gasteiger charge is 2.52. The molecule has 3 heterocycles. The fourth-order valence-corrected chi connectivity index (χ4v) is 3.91. The van der Waals surface area contributed by atoms with E-state index in [9.17, 15) is 35.7 Å². The van der Waals surface area contributed by atoms with Crippen molar-refractivity contribution in [3.05, 3.63) is 0 Å². The lowest BCUT2D eigenvalue weighted by atomic mass is 9.97. The summed E-state index contributed by atoms with van der Waals surface area (Å²) in [5.41, 5.74) is 0. The second kappa shape index (κ2) is 10.2. The Kier molecular flexibility index (Phi) is 8.24. The minimum atomic E-state index is -1.63. The molecule has 14 atom stereocenters. The van der Waals surface area contributed by atoms with Gasteiger partial charge in [-0.2, -0.15) is 0 Å². The van der Waals surface area contributed by atoms with Gasteiger partial charge < -0.3 is 64.2 Å². The molecule has 3 fully saturated rings. The molecule has 3 aliphatic rings. The molecule has 3 saturated heterocycles. The predicted molar refractivity (Wildman–Crippen MR) is 97.2 cm³/mol. The fourth-order valence-electron chi connectivity index (χ4n) is 3.91. The van der Waals surface area contributed by atoms with Crippen LogP contribution >= 0.6 is 0 Å². The summed E-state index contributed by atoms with van der Waals surface area (Å²) >= 11 is 0. The lowest BCUT2D eigenvalue weighted by molar-refractivity contribution is -0.363. The van der Waals surface area contributed by atoms with E-state index in [0.29, 0.717) is 0 Å². The minimum Gasteiger partial charge on any atom is -0.394 e. The van der Waals surface area contributed by atoms with E-state index in [4.69, 9.17) is 28.4 Å². The summed E-state index contributed by atoms with van der Waals surface area (Å²) in [6.45, 7) is 2.46. The number of aliphatic hydroxyl groups excluding tert-OH is 7. The molecule has 0 aromatic rings. The topological polar surface area (TPSA) is 197 Å². The third-order valence-corrected chi connectivity index (χ3v) is 5.88. The Morgan fingerprint density at radius 1 is 0.613 bits per heavy atom. The molecule has 0 aliphatic carbocycles. The Balaban J connectivity index is 1.72. The number of rotatable bonds is 6. The summed E-state index contributed by atoms with van der Waals surface area (Å²) in [7, 11) is 1.31. The summed E-state index contributed by atoms with van der Waals surface area (Å²) < 4.78 is 32.3. The molecule has 7 N–H and O–H groups in total. The number of hydrogen-bond donors (Lipinski definition) is 7. The van der Waals surface area contributed by atoms with Crippen LogP contribution in [0.2, 0.25) is 0 Å². The van der Waals surface area contributed by atoms with Crippen LogP contribution in [0.3, 0.4) is 0 Å². The fraction of sp³-hybridized carbons (Fsp3) is 1.00. The maximum absolute atomic E-state index is 10.7. The van der Waals surface area contributed by atoms with Crippen LogP contribution in [0.4, 0.5) is 0 Å². The van der Waals surface area contributed by atoms with Crippen LogP contribution in [0.1, 0.15) is 13.8 Å². The smallest absolute Gasteiger partial charge is 0.187 e. The van der Waals surface area contributed by atoms with Gasteiger partial charge in [-0.05, 0) is 13.8 Å². The van der Waals surface area contributed by atoms with E-state index in [-0.39, 0.29) is 0 Å². The van der Waals surface area contributed by atoms with Gasteiger partial charge in [-0.1, -0.05) is 0 Å². The van der Waals surface area contributed by atoms with Crippen molar-refractivity contribution < 1.29 is 64.2 Å². The van der Waals surface area contributed by atoms with Crippen molar-refractivity contribution >= 4 is 0 Å². The van der Waals surface area contributed by atoms with Gasteiger partial charge in [0.15, 0.2) is 18.9 Å². The van der Waals surface area contributed by atoms with Crippen LogP contribution in [0.25, 0.3) is 0 Å². The first-order chi connectivity index (χ1) is 14.6. The lowest BCUT2D eigenvalue weighted by Gasteiger charge is -2.46. The van der Waals surface area contributed by atoms with E-state index in [1.165, 1.54) is 14.0 Å². The van der Waals surface area contributed by atoms with Crippen LogP contribution in [0, 0.1) is 0 Å². The summed E-state index contributed by atoms with van der Waals surface area (Å²) in [6.07, 6.45) is -18.0. The monoisotopic (exact) mass is 456 g/mol. The zero-order valence-electron chi connectivity index (χ0n) is 17.4. The Hall–Kier alpha value is -0.520. The van der Waals surface area contributed by atoms with Gasteiger partial charge in [0.2, 0.25) is 0 Å². The van der Waals surface area contributed by atoms with Crippen LogP contribution in [-0.2, 0) is 28.4 Å². The van der Waals surface area contributed by atoms with Crippen molar-refractivity contribution in [1.82, 2.24) is 0 Å². The van der Waals surface area contributed by atoms with Gasteiger partial charge in [0.05, 0.1) is 18.8 Å². The van der Waals surface area contributed by atoms with Crippen molar-refractivity contribution in [2.24, 2.45) is 0 Å². The minimum absolute atomic E-state index is 0.572. The molecule has 31 heavy (non-hydrogen) atoms. The average Bonchev–Trinajstić information content (AvgIpc) is 3.02. The third-order valence-electron chi connectivity index (χ3n) is 5.88. The Morgan fingerprint density at radius 2 is 1.06 bits per heavy atom. The highest BCUT2D eigenvalue weighted by molar-refractivity contribution is 4.95. The number of hydrogen-bond acceptors (Lipinski definition) is 13. The molecule has 0 aromatic heterocycles. The third kappa shape index (κ3) is 4.89. The van der Waals surface area contributed by atoms with Crippen LogP contribution in [-0.4, -0.2) is 135 Å². The van der Waals surface area contributed by atoms with Gasteiger partial charge in [-0.3, -0.25) is 0 Å². The van der Waals surface area contributed by atoms with Crippen molar-refractivity contribution in [3.8, 4) is 0 Å². The second-order valence-electron chi connectivity index (χ2n) is 8.03. The van der Waals surface area contributed by atoms with Gasteiger partial charge in [-0.15, -0.1) is 0 Å². The summed E-state index contributed by atoms with van der Waals surface area (Å²) in [6, 6.07) is 0. The normalized spacial score (nSPS) is 53.6. The Morgan fingerprint density at radius 3 is 1.52 bits per heavy atom. The molecule has 0 amide bonds. The van der Waals surface area contributed by atoms with E-state index >= 15 is 0 Å². The van der Waals surface area contributed by atoms with E-state index in [1.807, 2.05) is 0 Å². The molecule has 0 bridgehead atoms. The van der Waals surface area contributed by atoms with E-state index in [2.05, 4.69) is 0 Å². The molecule has 13 heteroatoms. The number of methoxy groups -OCH3 is 1.